The van der Waals surface area contributed by atoms with E-state index in [0.29, 0.717) is 38.8 Å². The number of anilines is 2. The quantitative estimate of drug-likeness (QED) is 0.112. The molecule has 1 amide bonds. The molecule has 2 saturated heterocycles. The number of piperazine rings is 1. The van der Waals surface area contributed by atoms with E-state index in [9.17, 15) is 10.1 Å². The van der Waals surface area contributed by atoms with E-state index in [1.165, 1.54) is 26.8 Å². The molecule has 6 aromatic rings. The molecule has 334 valence electrons. The summed E-state index contributed by atoms with van der Waals surface area (Å²) in [5, 5.41) is 14.8. The first-order valence-electron chi connectivity index (χ1n) is 22.9. The summed E-state index contributed by atoms with van der Waals surface area (Å²) in [7, 11) is -0.598. The van der Waals surface area contributed by atoms with Crippen LogP contribution in [0.25, 0.3) is 10.8 Å². The second-order valence-corrected chi connectivity index (χ2v) is 22.9. The summed E-state index contributed by atoms with van der Waals surface area (Å²) in [5.41, 5.74) is 4.10. The van der Waals surface area contributed by atoms with E-state index in [1.54, 1.807) is 4.90 Å². The third-order valence-corrected chi connectivity index (χ3v) is 18.6. The Morgan fingerprint density at radius 2 is 1.46 bits per heavy atom. The molecular formula is C53H59N7O4Si. The van der Waals surface area contributed by atoms with Gasteiger partial charge in [0, 0.05) is 55.4 Å². The van der Waals surface area contributed by atoms with Crippen molar-refractivity contribution in [2.24, 2.45) is 0 Å². The largest absolute Gasteiger partial charge is 0.462 e. The summed E-state index contributed by atoms with van der Waals surface area (Å²) in [6.07, 6.45) is 1.32. The number of hydrogen-bond donors (Lipinski definition) is 0. The van der Waals surface area contributed by atoms with Crippen LogP contribution in [0, 0.1) is 11.3 Å². The summed E-state index contributed by atoms with van der Waals surface area (Å²) in [6, 6.07) is 48.7. The van der Waals surface area contributed by atoms with Gasteiger partial charge in [0.15, 0.2) is 0 Å². The third-order valence-electron chi connectivity index (χ3n) is 13.5. The number of likely N-dealkylation sites (tertiary alicyclic amines) is 1. The Kier molecular flexibility index (Phi) is 12.9. The molecule has 2 fully saturated rings. The Hall–Kier alpha value is -6.26. The van der Waals surface area contributed by atoms with Crippen molar-refractivity contribution in [3.63, 3.8) is 0 Å². The Morgan fingerprint density at radius 3 is 2.17 bits per heavy atom. The molecule has 3 aliphatic heterocycles. The first-order chi connectivity index (χ1) is 31.6. The molecule has 0 aliphatic carbocycles. The number of hydrogen-bond acceptors (Lipinski definition) is 10. The van der Waals surface area contributed by atoms with Gasteiger partial charge in [0.1, 0.15) is 19.0 Å². The Labute approximate surface area is 384 Å². The second kappa shape index (κ2) is 19.1. The van der Waals surface area contributed by atoms with Crippen LogP contribution < -0.4 is 24.9 Å². The normalized spacial score (nSPS) is 19.2. The molecular weight excluding hydrogens is 827 g/mol. The summed E-state index contributed by atoms with van der Waals surface area (Å²) in [5.74, 6) is 0.815. The molecule has 0 saturated carbocycles. The molecule has 3 atom stereocenters. The monoisotopic (exact) mass is 885 g/mol. The lowest BCUT2D eigenvalue weighted by atomic mass is 10.0. The van der Waals surface area contributed by atoms with Crippen molar-refractivity contribution < 1.29 is 18.7 Å². The number of nitriles is 1. The van der Waals surface area contributed by atoms with Gasteiger partial charge in [-0.25, -0.2) is 4.79 Å². The van der Waals surface area contributed by atoms with Gasteiger partial charge >= 0.3 is 12.1 Å². The molecule has 9 rings (SSSR count). The fraction of sp³-hybridized carbons (Fsp3) is 0.358. The van der Waals surface area contributed by atoms with Gasteiger partial charge in [-0.1, -0.05) is 148 Å². The van der Waals surface area contributed by atoms with E-state index in [4.69, 9.17) is 23.9 Å². The molecule has 5 aromatic carbocycles. The number of aromatic nitrogens is 2. The Bertz CT molecular complexity index is 2580. The summed E-state index contributed by atoms with van der Waals surface area (Å²) in [6.45, 7) is 11.1. The summed E-state index contributed by atoms with van der Waals surface area (Å²) < 4.78 is 20.0. The highest BCUT2D eigenvalue weighted by molar-refractivity contribution is 6.99. The number of benzene rings is 5. The van der Waals surface area contributed by atoms with Gasteiger partial charge in [0.25, 0.3) is 8.32 Å². The number of carbonyl (C=O) groups is 1. The van der Waals surface area contributed by atoms with E-state index >= 15 is 0 Å². The second-order valence-electron chi connectivity index (χ2n) is 18.7. The van der Waals surface area contributed by atoms with Crippen molar-refractivity contribution in [3.05, 3.63) is 150 Å². The van der Waals surface area contributed by atoms with Crippen LogP contribution in [-0.2, 0) is 28.7 Å². The van der Waals surface area contributed by atoms with Crippen LogP contribution in [0.3, 0.4) is 0 Å². The van der Waals surface area contributed by atoms with E-state index in [1.807, 2.05) is 30.3 Å². The lowest BCUT2D eigenvalue weighted by molar-refractivity contribution is 0.0767. The van der Waals surface area contributed by atoms with Crippen LogP contribution in [0.4, 0.5) is 16.3 Å². The van der Waals surface area contributed by atoms with E-state index in [0.717, 1.165) is 48.6 Å². The SMILES string of the molecule is CN1C[C@H](O[Si](c2ccccc2)(c2ccccc2)C(C)(C)C)C[C@H]1COc1nc2c(c(N3CCN(C(=O)OCc4ccccc4)[C@@H](CC#N)C3)n1)CCN(c1cccc3ccccc13)C2. The van der Waals surface area contributed by atoms with Crippen LogP contribution in [0.2, 0.25) is 5.04 Å². The minimum Gasteiger partial charge on any atom is -0.462 e. The number of amides is 1. The standard InChI is InChI=1S/C53H59N7O4Si/c1-53(2,3)65(44-21-10-6-11-22-44,45-23-12-7-13-24-45)64-43-33-42(57(4)35-43)38-62-51-55-48-36-58(49-26-16-20-40-19-14-15-25-46(40)49)30-28-47(48)50(56-51)59-31-32-60(41(34-59)27-29-54)52(61)63-37-39-17-8-5-9-18-39/h5-26,41-43H,27-28,30-38H2,1-4H3/t41-,42-,43+/m0/s1. The number of carbonyl (C=O) groups excluding carboxylic acids is 1. The molecule has 65 heavy (non-hydrogen) atoms. The summed E-state index contributed by atoms with van der Waals surface area (Å²) >= 11 is 0. The zero-order valence-corrected chi connectivity index (χ0v) is 39.0. The maximum absolute atomic E-state index is 13.5. The van der Waals surface area contributed by atoms with Crippen LogP contribution >= 0.6 is 0 Å². The molecule has 4 heterocycles. The van der Waals surface area contributed by atoms with Crippen molar-refractivity contribution in [1.82, 2.24) is 19.8 Å². The Balaban J connectivity index is 0.976. The van der Waals surface area contributed by atoms with Crippen molar-refractivity contribution in [2.45, 2.75) is 76.4 Å². The molecule has 0 unspecified atom stereocenters. The molecule has 0 spiro atoms. The van der Waals surface area contributed by atoms with Gasteiger partial charge in [0.2, 0.25) is 0 Å². The maximum atomic E-state index is 13.5. The number of fused-ring (bicyclic) bond motifs is 2. The number of ether oxygens (including phenoxy) is 2. The lowest BCUT2D eigenvalue weighted by Crippen LogP contribution is -2.67. The molecule has 3 aliphatic rings. The van der Waals surface area contributed by atoms with Crippen LogP contribution in [-0.4, -0.2) is 98.7 Å². The smallest absolute Gasteiger partial charge is 0.410 e. The maximum Gasteiger partial charge on any atom is 0.410 e. The average Bonchev–Trinajstić information content (AvgIpc) is 3.69. The van der Waals surface area contributed by atoms with Gasteiger partial charge < -0.3 is 28.6 Å². The van der Waals surface area contributed by atoms with Crippen molar-refractivity contribution >= 4 is 47.1 Å². The zero-order valence-electron chi connectivity index (χ0n) is 38.0. The predicted octanol–water partition coefficient (Wildman–Crippen LogP) is 7.96. The van der Waals surface area contributed by atoms with Gasteiger partial charge in [0.05, 0.1) is 36.9 Å². The summed E-state index contributed by atoms with van der Waals surface area (Å²) in [4.78, 5) is 32.5. The predicted molar refractivity (Wildman–Crippen MR) is 259 cm³/mol. The lowest BCUT2D eigenvalue weighted by Gasteiger charge is -2.44. The number of likely N-dealkylation sites (N-methyl/N-ethyl adjacent to an activating group) is 1. The minimum absolute atomic E-state index is 0.00177. The molecule has 0 N–H and O–H groups in total. The van der Waals surface area contributed by atoms with Gasteiger partial charge in [-0.2, -0.15) is 15.2 Å². The molecule has 1 aromatic heterocycles. The molecule has 0 bridgehead atoms. The highest BCUT2D eigenvalue weighted by Gasteiger charge is 2.52. The topological polar surface area (TPSA) is 107 Å². The first kappa shape index (κ1) is 44.0. The fourth-order valence-electron chi connectivity index (χ4n) is 10.2. The number of nitrogens with zero attached hydrogens (tertiary/aromatic N) is 7. The zero-order chi connectivity index (χ0) is 45.0. The van der Waals surface area contributed by atoms with Crippen molar-refractivity contribution in [2.75, 3.05) is 56.2 Å². The van der Waals surface area contributed by atoms with Crippen molar-refractivity contribution in [1.29, 1.82) is 5.26 Å². The van der Waals surface area contributed by atoms with Crippen molar-refractivity contribution in [3.8, 4) is 12.1 Å². The van der Waals surface area contributed by atoms with E-state index < -0.39 is 14.4 Å². The third kappa shape index (κ3) is 9.19. The van der Waals surface area contributed by atoms with E-state index in [-0.39, 0.29) is 36.3 Å². The van der Waals surface area contributed by atoms with Gasteiger partial charge in [-0.05, 0) is 52.3 Å². The van der Waals surface area contributed by atoms with Gasteiger partial charge in [-0.3, -0.25) is 4.90 Å². The van der Waals surface area contributed by atoms with Gasteiger partial charge in [-0.15, -0.1) is 0 Å². The highest BCUT2D eigenvalue weighted by Crippen LogP contribution is 2.40. The fourth-order valence-corrected chi connectivity index (χ4v) is 14.9. The highest BCUT2D eigenvalue weighted by atomic mass is 28.4. The van der Waals surface area contributed by atoms with E-state index in [2.05, 4.69) is 152 Å². The molecule has 0 radical (unpaired) electrons. The molecule has 11 nitrogen and oxygen atoms in total. The average molecular weight is 886 g/mol. The Morgan fingerprint density at radius 1 is 0.785 bits per heavy atom. The molecule has 12 heteroatoms. The first-order valence-corrected chi connectivity index (χ1v) is 24.9. The van der Waals surface area contributed by atoms with Crippen LogP contribution in [0.15, 0.2) is 133 Å². The minimum atomic E-state index is -2.75. The number of rotatable bonds is 12. The van der Waals surface area contributed by atoms with Crippen LogP contribution in [0.5, 0.6) is 6.01 Å². The van der Waals surface area contributed by atoms with Crippen LogP contribution in [0.1, 0.15) is 50.4 Å².